The number of hydrogen-bond acceptors (Lipinski definition) is 2. The molecule has 0 aliphatic rings. The van der Waals surface area contributed by atoms with Crippen LogP contribution >= 0.6 is 0 Å². The van der Waals surface area contributed by atoms with Crippen LogP contribution in [0.1, 0.15) is 32.8 Å². The molecule has 1 heterocycles. The van der Waals surface area contributed by atoms with Crippen molar-refractivity contribution in [2.75, 3.05) is 10.6 Å². The highest BCUT2D eigenvalue weighted by Crippen LogP contribution is 2.23. The van der Waals surface area contributed by atoms with Gasteiger partial charge in [-0.3, -0.25) is 4.79 Å². The minimum Gasteiger partial charge on any atom is -0.381 e. The van der Waals surface area contributed by atoms with Crippen LogP contribution < -0.4 is 10.6 Å². The summed E-state index contributed by atoms with van der Waals surface area (Å²) in [5.74, 6) is 0.412. The number of amides is 1. The smallest absolute Gasteiger partial charge is 0.224 e. The molecule has 4 nitrogen and oxygen atoms in total. The summed E-state index contributed by atoms with van der Waals surface area (Å²) in [6, 6.07) is 16.4. The summed E-state index contributed by atoms with van der Waals surface area (Å²) >= 11 is 0. The van der Waals surface area contributed by atoms with E-state index in [1.807, 2.05) is 38.1 Å². The number of fused-ring (bicyclic) bond motifs is 1. The number of carbonyl (C=O) groups excluding carboxylic acids is 1. The Bertz CT molecular complexity index is 895. The van der Waals surface area contributed by atoms with Gasteiger partial charge in [0.15, 0.2) is 0 Å². The summed E-state index contributed by atoms with van der Waals surface area (Å²) in [6.07, 6.45) is 2.75. The maximum absolute atomic E-state index is 12.0. The van der Waals surface area contributed by atoms with E-state index >= 15 is 0 Å². The van der Waals surface area contributed by atoms with Crippen molar-refractivity contribution in [2.45, 2.75) is 40.3 Å². The van der Waals surface area contributed by atoms with E-state index < -0.39 is 0 Å². The predicted molar refractivity (Wildman–Crippen MR) is 109 cm³/mol. The average molecular weight is 349 g/mol. The number of rotatable bonds is 7. The van der Waals surface area contributed by atoms with Crippen LogP contribution in [0.15, 0.2) is 54.7 Å². The summed E-state index contributed by atoms with van der Waals surface area (Å²) < 4.78 is 2.27. The molecule has 4 heteroatoms. The van der Waals surface area contributed by atoms with Crippen molar-refractivity contribution in [3.05, 3.63) is 60.3 Å². The molecule has 1 amide bonds. The molecule has 0 unspecified atom stereocenters. The van der Waals surface area contributed by atoms with Crippen molar-refractivity contribution in [1.29, 1.82) is 0 Å². The molecule has 0 radical (unpaired) electrons. The predicted octanol–water partition coefficient (Wildman–Crippen LogP) is 5.26. The third-order valence-corrected chi connectivity index (χ3v) is 4.43. The first-order valence-electron chi connectivity index (χ1n) is 9.27. The zero-order valence-corrected chi connectivity index (χ0v) is 15.8. The summed E-state index contributed by atoms with van der Waals surface area (Å²) in [4.78, 5) is 12.0. The fraction of sp³-hybridized carbons (Fsp3) is 0.318. The van der Waals surface area contributed by atoms with E-state index in [4.69, 9.17) is 0 Å². The molecule has 0 saturated heterocycles. The van der Waals surface area contributed by atoms with Crippen LogP contribution in [0.5, 0.6) is 0 Å². The zero-order chi connectivity index (χ0) is 18.5. The van der Waals surface area contributed by atoms with Crippen molar-refractivity contribution in [1.82, 2.24) is 4.57 Å². The Labute approximate surface area is 155 Å². The SMILES string of the molecule is CCn1cc(CNc2cccc(NC(=O)CC(C)C)c2)c2ccccc21. The topological polar surface area (TPSA) is 46.1 Å². The number of benzene rings is 2. The van der Waals surface area contributed by atoms with Gasteiger partial charge in [0.25, 0.3) is 0 Å². The molecule has 2 aromatic carbocycles. The lowest BCUT2D eigenvalue weighted by Gasteiger charge is -2.10. The Morgan fingerprint density at radius 3 is 2.62 bits per heavy atom. The fourth-order valence-electron chi connectivity index (χ4n) is 3.21. The highest BCUT2D eigenvalue weighted by Gasteiger charge is 2.08. The van der Waals surface area contributed by atoms with Crippen LogP contribution in [-0.2, 0) is 17.9 Å². The lowest BCUT2D eigenvalue weighted by atomic mass is 10.1. The fourth-order valence-corrected chi connectivity index (χ4v) is 3.21. The standard InChI is InChI=1S/C22H27N3O/c1-4-25-15-17(20-10-5-6-11-21(20)25)14-23-18-8-7-9-19(13-18)24-22(26)12-16(2)3/h5-11,13,15-16,23H,4,12,14H2,1-3H3,(H,24,26). The van der Waals surface area contributed by atoms with Gasteiger partial charge < -0.3 is 15.2 Å². The van der Waals surface area contributed by atoms with Crippen LogP contribution in [0.4, 0.5) is 11.4 Å². The zero-order valence-electron chi connectivity index (χ0n) is 15.8. The minimum atomic E-state index is 0.0585. The van der Waals surface area contributed by atoms with Gasteiger partial charge >= 0.3 is 0 Å². The van der Waals surface area contributed by atoms with Gasteiger partial charge in [0.05, 0.1) is 0 Å². The van der Waals surface area contributed by atoms with E-state index in [2.05, 4.69) is 52.6 Å². The van der Waals surface area contributed by atoms with Crippen LogP contribution in [0, 0.1) is 5.92 Å². The summed E-state index contributed by atoms with van der Waals surface area (Å²) in [6.45, 7) is 7.95. The van der Waals surface area contributed by atoms with Gasteiger partial charge in [0.1, 0.15) is 0 Å². The van der Waals surface area contributed by atoms with Gasteiger partial charge in [-0.1, -0.05) is 38.1 Å². The highest BCUT2D eigenvalue weighted by atomic mass is 16.1. The molecule has 0 saturated carbocycles. The second kappa shape index (κ2) is 8.09. The van der Waals surface area contributed by atoms with E-state index in [0.29, 0.717) is 12.3 Å². The van der Waals surface area contributed by atoms with Crippen LogP contribution in [-0.4, -0.2) is 10.5 Å². The maximum Gasteiger partial charge on any atom is 0.224 e. The van der Waals surface area contributed by atoms with Crippen LogP contribution in [0.25, 0.3) is 10.9 Å². The van der Waals surface area contributed by atoms with Crippen molar-refractivity contribution in [2.24, 2.45) is 5.92 Å². The molecule has 26 heavy (non-hydrogen) atoms. The number of aromatic nitrogens is 1. The monoisotopic (exact) mass is 349 g/mol. The molecule has 0 spiro atoms. The van der Waals surface area contributed by atoms with Gasteiger partial charge in [-0.05, 0) is 42.7 Å². The van der Waals surface area contributed by atoms with Crippen molar-refractivity contribution in [3.8, 4) is 0 Å². The lowest BCUT2D eigenvalue weighted by molar-refractivity contribution is -0.116. The van der Waals surface area contributed by atoms with Crippen LogP contribution in [0.2, 0.25) is 0 Å². The largest absolute Gasteiger partial charge is 0.381 e. The Morgan fingerprint density at radius 1 is 1.08 bits per heavy atom. The molecular weight excluding hydrogens is 322 g/mol. The Balaban J connectivity index is 1.71. The number of hydrogen-bond donors (Lipinski definition) is 2. The first-order valence-corrected chi connectivity index (χ1v) is 9.27. The second-order valence-electron chi connectivity index (χ2n) is 7.04. The molecule has 0 fully saturated rings. The van der Waals surface area contributed by atoms with Crippen molar-refractivity contribution >= 4 is 28.2 Å². The van der Waals surface area contributed by atoms with Crippen LogP contribution in [0.3, 0.4) is 0 Å². The van der Waals surface area contributed by atoms with Gasteiger partial charge in [0, 0.05) is 48.0 Å². The summed E-state index contributed by atoms with van der Waals surface area (Å²) in [5.41, 5.74) is 4.37. The third kappa shape index (κ3) is 4.26. The van der Waals surface area contributed by atoms with E-state index in [0.717, 1.165) is 24.5 Å². The highest BCUT2D eigenvalue weighted by molar-refractivity contribution is 5.91. The summed E-state index contributed by atoms with van der Waals surface area (Å²) in [7, 11) is 0. The van der Waals surface area contributed by atoms with Crippen molar-refractivity contribution < 1.29 is 4.79 Å². The number of nitrogens with zero attached hydrogens (tertiary/aromatic N) is 1. The van der Waals surface area contributed by atoms with E-state index in [1.54, 1.807) is 0 Å². The summed E-state index contributed by atoms with van der Waals surface area (Å²) in [5, 5.41) is 7.73. The first-order chi connectivity index (χ1) is 12.6. The number of nitrogens with one attached hydrogen (secondary N) is 2. The Morgan fingerprint density at radius 2 is 1.85 bits per heavy atom. The quantitative estimate of drug-likeness (QED) is 0.611. The van der Waals surface area contributed by atoms with E-state index in [1.165, 1.54) is 16.5 Å². The molecular formula is C22H27N3O. The molecule has 0 aliphatic carbocycles. The molecule has 136 valence electrons. The number of para-hydroxylation sites is 1. The lowest BCUT2D eigenvalue weighted by Crippen LogP contribution is -2.13. The maximum atomic E-state index is 12.0. The third-order valence-electron chi connectivity index (χ3n) is 4.43. The van der Waals surface area contributed by atoms with Gasteiger partial charge in [-0.15, -0.1) is 0 Å². The number of anilines is 2. The second-order valence-corrected chi connectivity index (χ2v) is 7.04. The molecule has 0 aliphatic heterocycles. The van der Waals surface area contributed by atoms with Crippen molar-refractivity contribution in [3.63, 3.8) is 0 Å². The number of aryl methyl sites for hydroxylation is 1. The first kappa shape index (κ1) is 18.1. The van der Waals surface area contributed by atoms with Gasteiger partial charge in [-0.25, -0.2) is 0 Å². The molecule has 1 aromatic heterocycles. The molecule has 0 bridgehead atoms. The normalized spacial score (nSPS) is 11.1. The molecule has 3 aromatic rings. The van der Waals surface area contributed by atoms with E-state index in [-0.39, 0.29) is 5.91 Å². The number of carbonyl (C=O) groups is 1. The molecule has 2 N–H and O–H groups in total. The Kier molecular flexibility index (Phi) is 5.61. The molecule has 0 atom stereocenters. The van der Waals surface area contributed by atoms with Gasteiger partial charge in [-0.2, -0.15) is 0 Å². The minimum absolute atomic E-state index is 0.0585. The average Bonchev–Trinajstić information content (AvgIpc) is 2.97. The molecule has 3 rings (SSSR count). The van der Waals surface area contributed by atoms with E-state index in [9.17, 15) is 4.79 Å². The Hall–Kier alpha value is -2.75. The van der Waals surface area contributed by atoms with Gasteiger partial charge in [0.2, 0.25) is 5.91 Å².